The molecule has 1 rings (SSSR count). The molecule has 0 amide bonds. The summed E-state index contributed by atoms with van der Waals surface area (Å²) in [4.78, 5) is 3.67. The number of nitrogens with zero attached hydrogens (tertiary/aromatic N) is 1. The Morgan fingerprint density at radius 1 is 1.60 bits per heavy atom. The highest BCUT2D eigenvalue weighted by molar-refractivity contribution is 5.10. The van der Waals surface area contributed by atoms with E-state index in [0.29, 0.717) is 12.5 Å². The normalized spacial score (nSPS) is 9.40. The molecule has 1 heterocycles. The van der Waals surface area contributed by atoms with E-state index in [4.69, 9.17) is 4.74 Å². The Kier molecular flexibility index (Phi) is 2.20. The quantitative estimate of drug-likeness (QED) is 0.624. The fourth-order valence-corrected chi connectivity index (χ4v) is 0.596. The minimum Gasteiger partial charge on any atom is -0.478 e. The van der Waals surface area contributed by atoms with Crippen LogP contribution in [-0.4, -0.2) is 11.6 Å². The second-order valence-electron chi connectivity index (χ2n) is 1.75. The summed E-state index contributed by atoms with van der Waals surface area (Å²) in [6.07, 6.45) is 1.13. The van der Waals surface area contributed by atoms with Crippen molar-refractivity contribution in [1.82, 2.24) is 4.98 Å². The zero-order valence-corrected chi connectivity index (χ0v) is 5.67. The van der Waals surface area contributed by atoms with Crippen molar-refractivity contribution in [3.63, 3.8) is 0 Å². The first-order valence-corrected chi connectivity index (χ1v) is 3.07. The molecule has 10 heavy (non-hydrogen) atoms. The van der Waals surface area contributed by atoms with E-state index in [1.54, 1.807) is 0 Å². The van der Waals surface area contributed by atoms with E-state index in [1.807, 2.05) is 6.92 Å². The van der Waals surface area contributed by atoms with Crippen molar-refractivity contribution in [3.05, 3.63) is 24.1 Å². The van der Waals surface area contributed by atoms with Gasteiger partial charge in [0.2, 0.25) is 5.88 Å². The van der Waals surface area contributed by atoms with Gasteiger partial charge in [-0.15, -0.1) is 0 Å². The predicted molar refractivity (Wildman–Crippen MR) is 35.4 cm³/mol. The third-order valence-electron chi connectivity index (χ3n) is 0.992. The van der Waals surface area contributed by atoms with Gasteiger partial charge >= 0.3 is 0 Å². The van der Waals surface area contributed by atoms with Crippen LogP contribution in [0.5, 0.6) is 5.88 Å². The van der Waals surface area contributed by atoms with Crippen molar-refractivity contribution in [2.45, 2.75) is 6.92 Å². The highest BCUT2D eigenvalue weighted by atomic mass is 19.1. The van der Waals surface area contributed by atoms with Gasteiger partial charge in [0.1, 0.15) is 5.82 Å². The van der Waals surface area contributed by atoms with Crippen LogP contribution in [0.25, 0.3) is 0 Å². The van der Waals surface area contributed by atoms with Gasteiger partial charge in [-0.05, 0) is 13.0 Å². The van der Waals surface area contributed by atoms with Crippen LogP contribution in [0.1, 0.15) is 6.92 Å². The maximum absolute atomic E-state index is 12.2. The average molecular weight is 141 g/mol. The summed E-state index contributed by atoms with van der Waals surface area (Å²) < 4.78 is 17.2. The molecule has 1 aromatic heterocycles. The number of pyridine rings is 1. The van der Waals surface area contributed by atoms with Crippen LogP contribution in [0, 0.1) is 5.82 Å². The lowest BCUT2D eigenvalue weighted by Gasteiger charge is -1.98. The van der Waals surface area contributed by atoms with Gasteiger partial charge in [0, 0.05) is 6.07 Å². The molecule has 2 nitrogen and oxygen atoms in total. The first-order chi connectivity index (χ1) is 4.83. The number of hydrogen-bond acceptors (Lipinski definition) is 2. The maximum Gasteiger partial charge on any atom is 0.213 e. The van der Waals surface area contributed by atoms with Crippen molar-refractivity contribution in [3.8, 4) is 5.88 Å². The summed E-state index contributed by atoms with van der Waals surface area (Å²) in [5, 5.41) is 0. The molecule has 3 heteroatoms. The van der Waals surface area contributed by atoms with Crippen molar-refractivity contribution in [1.29, 1.82) is 0 Å². The van der Waals surface area contributed by atoms with Crippen LogP contribution in [0.2, 0.25) is 0 Å². The second-order valence-corrected chi connectivity index (χ2v) is 1.75. The Labute approximate surface area is 58.7 Å². The molecule has 0 aromatic carbocycles. The van der Waals surface area contributed by atoms with Gasteiger partial charge in [0.05, 0.1) is 12.8 Å². The van der Waals surface area contributed by atoms with Gasteiger partial charge in [-0.2, -0.15) is 0 Å². The fraction of sp³-hybridized carbons (Fsp3) is 0.286. The molecular weight excluding hydrogens is 133 g/mol. The van der Waals surface area contributed by atoms with Crippen LogP contribution < -0.4 is 4.74 Å². The van der Waals surface area contributed by atoms with Gasteiger partial charge in [0.25, 0.3) is 0 Å². The Hall–Kier alpha value is -1.12. The molecule has 0 aliphatic heterocycles. The highest BCUT2D eigenvalue weighted by Gasteiger charge is 1.92. The van der Waals surface area contributed by atoms with E-state index in [0.717, 1.165) is 6.20 Å². The van der Waals surface area contributed by atoms with Crippen LogP contribution in [0.4, 0.5) is 4.39 Å². The van der Waals surface area contributed by atoms with Crippen molar-refractivity contribution >= 4 is 0 Å². The second kappa shape index (κ2) is 3.15. The lowest BCUT2D eigenvalue weighted by Crippen LogP contribution is -1.93. The Morgan fingerprint density at radius 3 is 2.90 bits per heavy atom. The van der Waals surface area contributed by atoms with Crippen LogP contribution in [0.15, 0.2) is 18.3 Å². The minimum atomic E-state index is -0.344. The standard InChI is InChI=1S/C7H8FNO/c1-2-10-7-4-3-6(8)5-9-7/h3-5H,2H2,1H3. The first-order valence-electron chi connectivity index (χ1n) is 3.07. The Bertz CT molecular complexity index is 197. The van der Waals surface area contributed by atoms with E-state index in [1.165, 1.54) is 12.1 Å². The van der Waals surface area contributed by atoms with Crippen LogP contribution >= 0.6 is 0 Å². The summed E-state index contributed by atoms with van der Waals surface area (Å²) in [5.41, 5.74) is 0. The molecule has 0 spiro atoms. The molecule has 0 unspecified atom stereocenters. The monoisotopic (exact) mass is 141 g/mol. The molecule has 54 valence electrons. The summed E-state index contributed by atoms with van der Waals surface area (Å²) in [7, 11) is 0. The largest absolute Gasteiger partial charge is 0.478 e. The maximum atomic E-state index is 12.2. The molecule has 0 fully saturated rings. The van der Waals surface area contributed by atoms with Crippen LogP contribution in [-0.2, 0) is 0 Å². The predicted octanol–water partition coefficient (Wildman–Crippen LogP) is 1.62. The molecule has 0 radical (unpaired) electrons. The molecule has 0 aliphatic carbocycles. The van der Waals surface area contributed by atoms with E-state index in [9.17, 15) is 4.39 Å². The fourth-order valence-electron chi connectivity index (χ4n) is 0.596. The summed E-state index contributed by atoms with van der Waals surface area (Å²) in [5.74, 6) is 0.118. The molecule has 0 atom stereocenters. The van der Waals surface area contributed by atoms with E-state index >= 15 is 0 Å². The molecule has 0 saturated heterocycles. The number of rotatable bonds is 2. The molecule has 0 aliphatic rings. The summed E-state index contributed by atoms with van der Waals surface area (Å²) in [6.45, 7) is 2.41. The van der Waals surface area contributed by atoms with Crippen molar-refractivity contribution in [2.24, 2.45) is 0 Å². The van der Waals surface area contributed by atoms with Crippen molar-refractivity contribution in [2.75, 3.05) is 6.61 Å². The van der Waals surface area contributed by atoms with Gasteiger partial charge in [-0.1, -0.05) is 0 Å². The van der Waals surface area contributed by atoms with Gasteiger partial charge in [-0.25, -0.2) is 9.37 Å². The van der Waals surface area contributed by atoms with Gasteiger partial charge < -0.3 is 4.74 Å². The van der Waals surface area contributed by atoms with Gasteiger partial charge in [-0.3, -0.25) is 0 Å². The number of ether oxygens (including phenoxy) is 1. The highest BCUT2D eigenvalue weighted by Crippen LogP contribution is 2.05. The van der Waals surface area contributed by atoms with Crippen LogP contribution in [0.3, 0.4) is 0 Å². The topological polar surface area (TPSA) is 22.1 Å². The molecule has 0 N–H and O–H groups in total. The first kappa shape index (κ1) is 6.99. The van der Waals surface area contributed by atoms with Crippen molar-refractivity contribution < 1.29 is 9.13 Å². The molecule has 1 aromatic rings. The Balaban J connectivity index is 2.69. The number of hydrogen-bond donors (Lipinski definition) is 0. The zero-order valence-electron chi connectivity index (χ0n) is 5.67. The smallest absolute Gasteiger partial charge is 0.213 e. The van der Waals surface area contributed by atoms with Gasteiger partial charge in [0.15, 0.2) is 0 Å². The number of aromatic nitrogens is 1. The SMILES string of the molecule is CCOc1ccc(F)cn1. The molecule has 0 bridgehead atoms. The van der Waals surface area contributed by atoms with E-state index < -0.39 is 0 Å². The summed E-state index contributed by atoms with van der Waals surface area (Å²) >= 11 is 0. The van der Waals surface area contributed by atoms with E-state index in [2.05, 4.69) is 4.98 Å². The number of halogens is 1. The third kappa shape index (κ3) is 1.69. The average Bonchev–Trinajstić information content (AvgIpc) is 1.95. The lowest BCUT2D eigenvalue weighted by atomic mass is 10.5. The van der Waals surface area contributed by atoms with E-state index in [-0.39, 0.29) is 5.82 Å². The zero-order chi connectivity index (χ0) is 7.40. The molecule has 0 saturated carbocycles. The third-order valence-corrected chi connectivity index (χ3v) is 0.992. The molecular formula is C7H8FNO. The minimum absolute atomic E-state index is 0.344. The lowest BCUT2D eigenvalue weighted by molar-refractivity contribution is 0.325. The Morgan fingerprint density at radius 2 is 2.40 bits per heavy atom. The summed E-state index contributed by atoms with van der Waals surface area (Å²) in [6, 6.07) is 2.82.